The number of methoxy groups -OCH3 is 1. The number of likely N-dealkylation sites (N-methyl/N-ethyl adjacent to an activating group) is 1. The second kappa shape index (κ2) is 17.5. The van der Waals surface area contributed by atoms with Crippen molar-refractivity contribution in [2.75, 3.05) is 53.4 Å². The van der Waals surface area contributed by atoms with Gasteiger partial charge in [0.2, 0.25) is 11.8 Å². The standard InChI is InChI=1S/C46H66N10O5/c1-29(2)37(51-43(59)54-25-23-53(5)24-26-54)41(57)55-21-7-9-34(55)39-47-27-33(49-39)31-11-13-32(14-12-31)45-15-18-46(19-16-45,20-17-45)36-28-48-40(50-36)35-10-8-22-56(35)42(58)38(30(3)4)52-44(60)61-6/h11-14,27-30,34-35,37-38H,7-10,15-26H2,1-6H3,(H,47,49)(H,48,50)(H,51,59)(H,52,60)/t34-,35-,37-,38-,45?,46?/m0/s1. The number of aromatic amines is 2. The molecule has 0 spiro atoms. The van der Waals surface area contributed by atoms with Crippen LogP contribution in [0.1, 0.15) is 127 Å². The van der Waals surface area contributed by atoms with Gasteiger partial charge in [0.25, 0.3) is 0 Å². The number of likely N-dealkylation sites (tertiary alicyclic amines) is 2. The van der Waals surface area contributed by atoms with E-state index < -0.39 is 18.2 Å². The minimum atomic E-state index is -0.658. The molecule has 4 N–H and O–H groups in total. The molecule has 15 heteroatoms. The van der Waals surface area contributed by atoms with E-state index in [4.69, 9.17) is 14.7 Å². The molecule has 5 amide bonds. The number of nitrogens with one attached hydrogen (secondary N) is 4. The zero-order valence-electron chi connectivity index (χ0n) is 37.0. The first-order valence-corrected chi connectivity index (χ1v) is 22.7. The summed E-state index contributed by atoms with van der Waals surface area (Å²) in [5, 5.41) is 5.82. The predicted octanol–water partition coefficient (Wildman–Crippen LogP) is 6.03. The molecule has 330 valence electrons. The Morgan fingerprint density at radius 2 is 1.23 bits per heavy atom. The quantitative estimate of drug-likeness (QED) is 0.181. The van der Waals surface area contributed by atoms with Gasteiger partial charge in [-0.05, 0) is 99.6 Å². The van der Waals surface area contributed by atoms with Crippen molar-refractivity contribution in [2.45, 2.75) is 127 Å². The lowest BCUT2D eigenvalue weighted by molar-refractivity contribution is -0.136. The molecule has 61 heavy (non-hydrogen) atoms. The molecule has 1 aromatic carbocycles. The SMILES string of the molecule is COC(=O)N[C@H](C(=O)N1CCC[C@H]1c1ncc(C23CCC(c4ccc(-c5cnc([C@@H]6CCCN6C(=O)[C@@H](NC(=O)N6CCN(C)CC6)C(C)C)[nH]5)cc4)(CC2)CC3)[nH]1)C(C)C. The third kappa shape index (κ3) is 8.38. The summed E-state index contributed by atoms with van der Waals surface area (Å²) in [6.45, 7) is 12.1. The molecule has 0 unspecified atom stereocenters. The van der Waals surface area contributed by atoms with Crippen molar-refractivity contribution >= 4 is 23.9 Å². The lowest BCUT2D eigenvalue weighted by atomic mass is 9.51. The largest absolute Gasteiger partial charge is 0.453 e. The van der Waals surface area contributed by atoms with Crippen molar-refractivity contribution in [2.24, 2.45) is 11.8 Å². The Morgan fingerprint density at radius 1 is 0.705 bits per heavy atom. The Hall–Kier alpha value is -4.92. The number of carbonyl (C=O) groups is 4. The summed E-state index contributed by atoms with van der Waals surface area (Å²) in [6, 6.07) is 7.29. The normalized spacial score (nSPS) is 26.5. The molecule has 3 aliphatic heterocycles. The van der Waals surface area contributed by atoms with E-state index >= 15 is 0 Å². The fourth-order valence-electron chi connectivity index (χ4n) is 10.9. The number of alkyl carbamates (subject to hydrolysis) is 1. The highest BCUT2D eigenvalue weighted by molar-refractivity contribution is 5.88. The van der Waals surface area contributed by atoms with E-state index in [-0.39, 0.29) is 52.6 Å². The number of ether oxygens (including phenoxy) is 1. The molecule has 6 fully saturated rings. The van der Waals surface area contributed by atoms with Gasteiger partial charge in [0, 0.05) is 56.6 Å². The zero-order valence-corrected chi connectivity index (χ0v) is 37.0. The average Bonchev–Trinajstić information content (AvgIpc) is 4.12. The first-order valence-electron chi connectivity index (χ1n) is 22.7. The van der Waals surface area contributed by atoms with Gasteiger partial charge in [0.15, 0.2) is 0 Å². The number of amides is 5. The van der Waals surface area contributed by atoms with Gasteiger partial charge < -0.3 is 44.9 Å². The maximum absolute atomic E-state index is 14.0. The first-order chi connectivity index (χ1) is 29.3. The second-order valence-corrected chi connectivity index (χ2v) is 19.2. The molecular formula is C46H66N10O5. The molecule has 2 aromatic heterocycles. The minimum Gasteiger partial charge on any atom is -0.453 e. The molecule has 0 radical (unpaired) electrons. The predicted molar refractivity (Wildman–Crippen MR) is 231 cm³/mol. The van der Waals surface area contributed by atoms with Gasteiger partial charge >= 0.3 is 12.1 Å². The smallest absolute Gasteiger partial charge is 0.407 e. The van der Waals surface area contributed by atoms with E-state index in [1.54, 1.807) is 0 Å². The monoisotopic (exact) mass is 839 g/mol. The highest BCUT2D eigenvalue weighted by Crippen LogP contribution is 2.58. The number of nitrogens with zero attached hydrogens (tertiary/aromatic N) is 6. The number of urea groups is 1. The van der Waals surface area contributed by atoms with E-state index in [9.17, 15) is 19.2 Å². The van der Waals surface area contributed by atoms with Gasteiger partial charge in [-0.1, -0.05) is 52.0 Å². The van der Waals surface area contributed by atoms with Crippen LogP contribution < -0.4 is 10.6 Å². The van der Waals surface area contributed by atoms with Crippen LogP contribution in [0.5, 0.6) is 0 Å². The van der Waals surface area contributed by atoms with E-state index in [1.165, 1.54) is 18.4 Å². The highest BCUT2D eigenvalue weighted by Gasteiger charge is 2.51. The van der Waals surface area contributed by atoms with Crippen molar-refractivity contribution in [1.29, 1.82) is 0 Å². The molecule has 6 aliphatic rings. The highest BCUT2D eigenvalue weighted by atomic mass is 16.5. The Balaban J connectivity index is 0.893. The summed E-state index contributed by atoms with van der Waals surface area (Å²) < 4.78 is 4.81. The minimum absolute atomic E-state index is 0.0444. The Labute approximate surface area is 360 Å². The van der Waals surface area contributed by atoms with Crippen LogP contribution in [-0.2, 0) is 25.2 Å². The molecule has 2 bridgehead atoms. The number of carbonyl (C=O) groups excluding carboxylic acids is 4. The van der Waals surface area contributed by atoms with Crippen LogP contribution in [0.2, 0.25) is 0 Å². The number of benzene rings is 1. The van der Waals surface area contributed by atoms with E-state index in [0.29, 0.717) is 26.2 Å². The van der Waals surface area contributed by atoms with Crippen molar-refractivity contribution < 1.29 is 23.9 Å². The molecule has 3 aliphatic carbocycles. The lowest BCUT2D eigenvalue weighted by Gasteiger charge is -2.53. The average molecular weight is 839 g/mol. The van der Waals surface area contributed by atoms with Crippen LogP contribution in [-0.4, -0.2) is 129 Å². The number of aromatic nitrogens is 4. The van der Waals surface area contributed by atoms with Gasteiger partial charge in [-0.25, -0.2) is 19.6 Å². The van der Waals surface area contributed by atoms with Crippen LogP contribution in [0.4, 0.5) is 9.59 Å². The van der Waals surface area contributed by atoms with Crippen LogP contribution in [0.25, 0.3) is 11.3 Å². The molecule has 5 heterocycles. The van der Waals surface area contributed by atoms with Gasteiger partial charge in [0.05, 0.1) is 31.1 Å². The van der Waals surface area contributed by atoms with Gasteiger partial charge in [0.1, 0.15) is 23.7 Å². The van der Waals surface area contributed by atoms with Crippen LogP contribution in [0.15, 0.2) is 36.7 Å². The molecule has 3 saturated carbocycles. The van der Waals surface area contributed by atoms with Gasteiger partial charge in [-0.2, -0.15) is 0 Å². The molecule has 3 aromatic rings. The summed E-state index contributed by atoms with van der Waals surface area (Å²) in [4.78, 5) is 77.8. The number of hydrogen-bond donors (Lipinski definition) is 4. The number of fused-ring (bicyclic) bond motifs is 3. The summed E-state index contributed by atoms with van der Waals surface area (Å²) in [5.74, 6) is 1.36. The summed E-state index contributed by atoms with van der Waals surface area (Å²) in [5.41, 5.74) is 4.78. The van der Waals surface area contributed by atoms with Crippen molar-refractivity contribution in [1.82, 2.24) is 50.2 Å². The molecular weight excluding hydrogens is 773 g/mol. The number of imidazole rings is 2. The number of rotatable bonds is 11. The first kappa shape index (κ1) is 42.8. The third-order valence-electron chi connectivity index (χ3n) is 14.9. The fraction of sp³-hybridized carbons (Fsp3) is 0.652. The van der Waals surface area contributed by atoms with Gasteiger partial charge in [-0.15, -0.1) is 0 Å². The maximum atomic E-state index is 14.0. The topological polar surface area (TPSA) is 172 Å². The maximum Gasteiger partial charge on any atom is 0.407 e. The number of piperazine rings is 1. The van der Waals surface area contributed by atoms with E-state index in [2.05, 4.69) is 56.8 Å². The Morgan fingerprint density at radius 3 is 1.79 bits per heavy atom. The van der Waals surface area contributed by atoms with Crippen LogP contribution in [0.3, 0.4) is 0 Å². The summed E-state index contributed by atoms with van der Waals surface area (Å²) >= 11 is 0. The molecule has 4 atom stereocenters. The third-order valence-corrected chi connectivity index (χ3v) is 14.9. The number of hydrogen-bond acceptors (Lipinski definition) is 8. The van der Waals surface area contributed by atoms with Crippen molar-refractivity contribution in [3.63, 3.8) is 0 Å². The number of H-pyrrole nitrogens is 2. The fourth-order valence-corrected chi connectivity index (χ4v) is 10.9. The van der Waals surface area contributed by atoms with Crippen LogP contribution in [0, 0.1) is 11.8 Å². The van der Waals surface area contributed by atoms with E-state index in [1.807, 2.05) is 54.8 Å². The summed E-state index contributed by atoms with van der Waals surface area (Å²) in [7, 11) is 3.37. The zero-order chi connectivity index (χ0) is 43.1. The van der Waals surface area contributed by atoms with Crippen molar-refractivity contribution in [3.8, 4) is 11.3 Å². The Kier molecular flexibility index (Phi) is 12.2. The lowest BCUT2D eigenvalue weighted by Crippen LogP contribution is -2.57. The van der Waals surface area contributed by atoms with Crippen molar-refractivity contribution in [3.05, 3.63) is 59.6 Å². The second-order valence-electron chi connectivity index (χ2n) is 19.2. The van der Waals surface area contributed by atoms with Crippen LogP contribution >= 0.6 is 0 Å². The van der Waals surface area contributed by atoms with Gasteiger partial charge in [-0.3, -0.25) is 9.59 Å². The van der Waals surface area contributed by atoms with E-state index in [0.717, 1.165) is 100 Å². The molecule has 9 rings (SSSR count). The Bertz CT molecular complexity index is 2030. The molecule has 15 nitrogen and oxygen atoms in total. The molecule has 3 saturated heterocycles. The summed E-state index contributed by atoms with van der Waals surface area (Å²) in [6.07, 6.45) is 13.3.